The zero-order valence-corrected chi connectivity index (χ0v) is 7.41. The summed E-state index contributed by atoms with van der Waals surface area (Å²) >= 11 is 0. The van der Waals surface area contributed by atoms with Crippen molar-refractivity contribution >= 4 is 0 Å². The molecule has 2 atom stereocenters. The maximum absolute atomic E-state index is 2.46. The van der Waals surface area contributed by atoms with Crippen LogP contribution in [0.2, 0.25) is 0 Å². The van der Waals surface area contributed by atoms with Gasteiger partial charge in [-0.2, -0.15) is 0 Å². The molecule has 0 radical (unpaired) electrons. The lowest BCUT2D eigenvalue weighted by Crippen LogP contribution is -2.59. The fourth-order valence-electron chi connectivity index (χ4n) is 2.72. The van der Waals surface area contributed by atoms with Crippen molar-refractivity contribution in [1.82, 2.24) is 6.15 Å². The summed E-state index contributed by atoms with van der Waals surface area (Å²) in [6.45, 7) is 7.30. The van der Waals surface area contributed by atoms with Gasteiger partial charge in [0.2, 0.25) is 0 Å². The third-order valence-electron chi connectivity index (χ3n) is 4.22. The molecule has 0 aromatic heterocycles. The van der Waals surface area contributed by atoms with Gasteiger partial charge in [-0.1, -0.05) is 20.8 Å². The second-order valence-corrected chi connectivity index (χ2v) is 4.74. The first-order chi connectivity index (χ1) is 4.06. The number of fused-ring (bicyclic) bond motifs is 1. The van der Waals surface area contributed by atoms with Crippen LogP contribution in [0.1, 0.15) is 40.0 Å². The van der Waals surface area contributed by atoms with Gasteiger partial charge < -0.3 is 6.15 Å². The fourth-order valence-corrected chi connectivity index (χ4v) is 2.72. The molecule has 2 rings (SSSR count). The Kier molecular flexibility index (Phi) is 1.42. The Hall–Kier alpha value is -0.0400. The number of rotatable bonds is 0. The van der Waals surface area contributed by atoms with E-state index < -0.39 is 0 Å². The molecule has 0 amide bonds. The Morgan fingerprint density at radius 2 is 1.80 bits per heavy atom. The molecule has 1 heteroatoms. The molecule has 2 saturated carbocycles. The summed E-state index contributed by atoms with van der Waals surface area (Å²) in [5, 5.41) is 0. The summed E-state index contributed by atoms with van der Waals surface area (Å²) in [5.74, 6) is 1.10. The van der Waals surface area contributed by atoms with Crippen molar-refractivity contribution in [3.8, 4) is 0 Å². The highest BCUT2D eigenvalue weighted by molar-refractivity contribution is 5.11. The molecular formula is C9H19N. The Balaban J connectivity index is 0.000000500. The fraction of sp³-hybridized carbons (Fsp3) is 1.00. The first-order valence-electron chi connectivity index (χ1n) is 4.06. The highest BCUT2D eigenvalue weighted by atomic mass is 14.7. The van der Waals surface area contributed by atoms with E-state index in [1.165, 1.54) is 19.3 Å². The van der Waals surface area contributed by atoms with Gasteiger partial charge in [0.25, 0.3) is 0 Å². The minimum atomic E-state index is 0. The Morgan fingerprint density at radius 1 is 1.20 bits per heavy atom. The molecule has 2 aliphatic carbocycles. The molecule has 2 fully saturated rings. The Morgan fingerprint density at radius 3 is 1.80 bits per heavy atom. The van der Waals surface area contributed by atoms with Gasteiger partial charge in [0.15, 0.2) is 0 Å². The van der Waals surface area contributed by atoms with E-state index in [0.29, 0.717) is 5.41 Å². The molecule has 0 spiro atoms. The van der Waals surface area contributed by atoms with Crippen molar-refractivity contribution in [2.75, 3.05) is 0 Å². The van der Waals surface area contributed by atoms with Crippen LogP contribution in [0.25, 0.3) is 0 Å². The first-order valence-corrected chi connectivity index (χ1v) is 4.06. The third kappa shape index (κ3) is 0.572. The predicted molar refractivity (Wildman–Crippen MR) is 44.3 cm³/mol. The Bertz CT molecular complexity index is 151. The monoisotopic (exact) mass is 141 g/mol. The molecule has 0 heterocycles. The van der Waals surface area contributed by atoms with E-state index in [-0.39, 0.29) is 6.15 Å². The molecule has 0 aromatic rings. The van der Waals surface area contributed by atoms with Crippen molar-refractivity contribution in [2.24, 2.45) is 16.7 Å². The lowest BCUT2D eigenvalue weighted by Gasteiger charge is -2.68. The van der Waals surface area contributed by atoms with Crippen LogP contribution in [0.4, 0.5) is 0 Å². The molecule has 0 bridgehead atoms. The zero-order chi connectivity index (χ0) is 6.70. The van der Waals surface area contributed by atoms with Gasteiger partial charge in [-0.25, -0.2) is 0 Å². The van der Waals surface area contributed by atoms with Crippen LogP contribution >= 0.6 is 0 Å². The molecule has 60 valence electrons. The van der Waals surface area contributed by atoms with Gasteiger partial charge >= 0.3 is 0 Å². The highest BCUT2D eigenvalue weighted by Gasteiger charge is 2.61. The quantitative estimate of drug-likeness (QED) is 0.553. The average molecular weight is 141 g/mol. The molecule has 1 nitrogen and oxygen atoms in total. The van der Waals surface area contributed by atoms with Gasteiger partial charge in [-0.3, -0.25) is 0 Å². The second-order valence-electron chi connectivity index (χ2n) is 4.74. The van der Waals surface area contributed by atoms with Gasteiger partial charge in [0, 0.05) is 0 Å². The van der Waals surface area contributed by atoms with E-state index in [4.69, 9.17) is 0 Å². The van der Waals surface area contributed by atoms with E-state index in [1.54, 1.807) is 0 Å². The molecule has 2 unspecified atom stereocenters. The van der Waals surface area contributed by atoms with Crippen LogP contribution in [0.3, 0.4) is 0 Å². The smallest absolute Gasteiger partial charge is 0.0246 e. The van der Waals surface area contributed by atoms with Crippen LogP contribution in [0, 0.1) is 16.7 Å². The summed E-state index contributed by atoms with van der Waals surface area (Å²) in [6, 6.07) is 0. The minimum Gasteiger partial charge on any atom is -0.344 e. The summed E-state index contributed by atoms with van der Waals surface area (Å²) in [7, 11) is 0. The van der Waals surface area contributed by atoms with Crippen LogP contribution in [-0.2, 0) is 0 Å². The highest BCUT2D eigenvalue weighted by Crippen LogP contribution is 2.70. The average Bonchev–Trinajstić information content (AvgIpc) is 1.79. The lowest BCUT2D eigenvalue weighted by atomic mass is 9.37. The first kappa shape index (κ1) is 8.06. The van der Waals surface area contributed by atoms with Crippen molar-refractivity contribution in [3.05, 3.63) is 0 Å². The van der Waals surface area contributed by atoms with Gasteiger partial charge in [-0.15, -0.1) is 0 Å². The molecule has 0 saturated heterocycles. The molecule has 3 N–H and O–H groups in total. The van der Waals surface area contributed by atoms with Crippen LogP contribution in [0.15, 0.2) is 0 Å². The Labute approximate surface area is 63.8 Å². The van der Waals surface area contributed by atoms with Crippen molar-refractivity contribution in [2.45, 2.75) is 40.0 Å². The summed E-state index contributed by atoms with van der Waals surface area (Å²) in [4.78, 5) is 0. The van der Waals surface area contributed by atoms with E-state index >= 15 is 0 Å². The number of hydrogen-bond donors (Lipinski definition) is 1. The molecule has 0 aromatic carbocycles. The molecule has 0 aliphatic heterocycles. The van der Waals surface area contributed by atoms with Crippen molar-refractivity contribution in [3.63, 3.8) is 0 Å². The van der Waals surface area contributed by atoms with Gasteiger partial charge in [0.05, 0.1) is 0 Å². The van der Waals surface area contributed by atoms with E-state index in [2.05, 4.69) is 20.8 Å². The van der Waals surface area contributed by atoms with E-state index in [1.807, 2.05) is 0 Å². The summed E-state index contributed by atoms with van der Waals surface area (Å²) in [5.41, 5.74) is 1.43. The molecule has 2 aliphatic rings. The second kappa shape index (κ2) is 1.76. The maximum Gasteiger partial charge on any atom is -0.0246 e. The minimum absolute atomic E-state index is 0. The SMILES string of the molecule is CC1(C)CC2CCC21C.N. The third-order valence-corrected chi connectivity index (χ3v) is 4.22. The zero-order valence-electron chi connectivity index (χ0n) is 7.41. The predicted octanol–water partition coefficient (Wildman–Crippen LogP) is 2.99. The van der Waals surface area contributed by atoms with Gasteiger partial charge in [-0.05, 0) is 36.0 Å². The standard InChI is InChI=1S/C9H16.H3N/c1-8(2)6-7-4-5-9(7,8)3;/h7H,4-6H2,1-3H3;1H3. The van der Waals surface area contributed by atoms with Crippen molar-refractivity contribution < 1.29 is 0 Å². The van der Waals surface area contributed by atoms with Gasteiger partial charge in [0.1, 0.15) is 0 Å². The van der Waals surface area contributed by atoms with Crippen LogP contribution < -0.4 is 6.15 Å². The van der Waals surface area contributed by atoms with E-state index in [0.717, 1.165) is 11.3 Å². The normalized spacial score (nSPS) is 47.7. The molecular weight excluding hydrogens is 122 g/mol. The summed E-state index contributed by atoms with van der Waals surface area (Å²) < 4.78 is 0. The van der Waals surface area contributed by atoms with Crippen molar-refractivity contribution in [1.29, 1.82) is 0 Å². The van der Waals surface area contributed by atoms with Crippen LogP contribution in [0.5, 0.6) is 0 Å². The maximum atomic E-state index is 2.46. The lowest BCUT2D eigenvalue weighted by molar-refractivity contribution is -0.184. The molecule has 10 heavy (non-hydrogen) atoms. The summed E-state index contributed by atoms with van der Waals surface area (Å²) in [6.07, 6.45) is 4.49. The van der Waals surface area contributed by atoms with E-state index in [9.17, 15) is 0 Å². The van der Waals surface area contributed by atoms with Crippen LogP contribution in [-0.4, -0.2) is 0 Å². The number of hydrogen-bond acceptors (Lipinski definition) is 1. The topological polar surface area (TPSA) is 35.0 Å². The largest absolute Gasteiger partial charge is 0.344 e.